The third kappa shape index (κ3) is 2.74. The predicted molar refractivity (Wildman–Crippen MR) is 103 cm³/mol. The van der Waals surface area contributed by atoms with E-state index in [0.29, 0.717) is 19.1 Å². The number of benzene rings is 2. The highest BCUT2D eigenvalue weighted by Gasteiger charge is 2.51. The van der Waals surface area contributed by atoms with E-state index < -0.39 is 0 Å². The van der Waals surface area contributed by atoms with Gasteiger partial charge in [-0.25, -0.2) is 4.79 Å². The van der Waals surface area contributed by atoms with E-state index in [9.17, 15) is 9.90 Å². The number of ether oxygens (including phenoxy) is 1. The van der Waals surface area contributed by atoms with Gasteiger partial charge in [-0.1, -0.05) is 48.5 Å². The Kier molecular flexibility index (Phi) is 3.97. The molecule has 0 aliphatic heterocycles. The first-order chi connectivity index (χ1) is 13.2. The fraction of sp³-hybridized carbons (Fsp3) is 0.435. The smallest absolute Gasteiger partial charge is 0.407 e. The molecule has 1 amide bonds. The lowest BCUT2D eigenvalue weighted by Crippen LogP contribution is -2.42. The van der Waals surface area contributed by atoms with Crippen molar-refractivity contribution in [1.29, 1.82) is 0 Å². The fourth-order valence-electron chi connectivity index (χ4n) is 5.52. The first kappa shape index (κ1) is 16.8. The minimum atomic E-state index is -0.381. The fourth-order valence-corrected chi connectivity index (χ4v) is 5.52. The molecule has 2 saturated carbocycles. The summed E-state index contributed by atoms with van der Waals surface area (Å²) in [5.41, 5.74) is 4.76. The van der Waals surface area contributed by atoms with Gasteiger partial charge in [0.2, 0.25) is 0 Å². The molecule has 0 unspecified atom stereocenters. The van der Waals surface area contributed by atoms with E-state index in [1.807, 2.05) is 24.3 Å². The van der Waals surface area contributed by atoms with Crippen molar-refractivity contribution in [2.24, 2.45) is 11.3 Å². The SMILES string of the molecule is O=C(NC[C@]12CC[C@H](C[C@H]1O)C2)OCC1c2ccccc2-c2ccccc21. The maximum absolute atomic E-state index is 12.3. The Morgan fingerprint density at radius 3 is 2.37 bits per heavy atom. The van der Waals surface area contributed by atoms with Gasteiger partial charge in [0, 0.05) is 17.9 Å². The molecule has 2 fully saturated rings. The number of rotatable bonds is 4. The highest BCUT2D eigenvalue weighted by atomic mass is 16.5. The highest BCUT2D eigenvalue weighted by Crippen LogP contribution is 2.53. The number of amides is 1. The summed E-state index contributed by atoms with van der Waals surface area (Å²) in [6.45, 7) is 0.847. The summed E-state index contributed by atoms with van der Waals surface area (Å²) in [7, 11) is 0. The second-order valence-corrected chi connectivity index (χ2v) is 8.40. The molecule has 0 spiro atoms. The number of hydrogen-bond acceptors (Lipinski definition) is 3. The molecule has 27 heavy (non-hydrogen) atoms. The zero-order valence-electron chi connectivity index (χ0n) is 15.4. The maximum atomic E-state index is 12.3. The largest absolute Gasteiger partial charge is 0.449 e. The van der Waals surface area contributed by atoms with E-state index >= 15 is 0 Å². The van der Waals surface area contributed by atoms with E-state index in [4.69, 9.17) is 4.74 Å². The van der Waals surface area contributed by atoms with Crippen molar-refractivity contribution in [3.63, 3.8) is 0 Å². The van der Waals surface area contributed by atoms with E-state index in [2.05, 4.69) is 29.6 Å². The van der Waals surface area contributed by atoms with Crippen LogP contribution < -0.4 is 5.32 Å². The van der Waals surface area contributed by atoms with Crippen LogP contribution in [0.2, 0.25) is 0 Å². The van der Waals surface area contributed by atoms with Crippen molar-refractivity contribution in [2.75, 3.05) is 13.2 Å². The monoisotopic (exact) mass is 363 g/mol. The van der Waals surface area contributed by atoms with E-state index in [1.165, 1.54) is 28.7 Å². The van der Waals surface area contributed by atoms with Crippen molar-refractivity contribution in [3.05, 3.63) is 59.7 Å². The molecule has 3 aliphatic rings. The summed E-state index contributed by atoms with van der Waals surface area (Å²) in [4.78, 5) is 12.3. The number of carbonyl (C=O) groups excluding carboxylic acids is 1. The van der Waals surface area contributed by atoms with Crippen LogP contribution in [0.4, 0.5) is 4.79 Å². The zero-order chi connectivity index (χ0) is 18.4. The molecule has 5 rings (SSSR count). The van der Waals surface area contributed by atoms with Crippen LogP contribution in [0.15, 0.2) is 48.5 Å². The molecule has 0 saturated heterocycles. The Balaban J connectivity index is 1.25. The van der Waals surface area contributed by atoms with Gasteiger partial charge in [0.1, 0.15) is 6.61 Å². The summed E-state index contributed by atoms with van der Waals surface area (Å²) in [6, 6.07) is 16.7. The molecule has 2 N–H and O–H groups in total. The Morgan fingerprint density at radius 1 is 1.11 bits per heavy atom. The Labute approximate surface area is 159 Å². The molecular weight excluding hydrogens is 338 g/mol. The molecule has 140 valence electrons. The minimum Gasteiger partial charge on any atom is -0.449 e. The van der Waals surface area contributed by atoms with Crippen molar-refractivity contribution in [3.8, 4) is 11.1 Å². The normalized spacial score (nSPS) is 28.0. The second-order valence-electron chi connectivity index (χ2n) is 8.40. The minimum absolute atomic E-state index is 0.0780. The maximum Gasteiger partial charge on any atom is 0.407 e. The molecule has 3 aliphatic carbocycles. The highest BCUT2D eigenvalue weighted by molar-refractivity contribution is 5.79. The van der Waals surface area contributed by atoms with Crippen molar-refractivity contribution < 1.29 is 14.6 Å². The van der Waals surface area contributed by atoms with Crippen molar-refractivity contribution in [1.82, 2.24) is 5.32 Å². The van der Waals surface area contributed by atoms with Gasteiger partial charge in [-0.2, -0.15) is 0 Å². The van der Waals surface area contributed by atoms with Gasteiger partial charge < -0.3 is 15.2 Å². The standard InChI is InChI=1S/C23H25NO3/c25-21-11-15-9-10-23(21,12-15)14-24-22(26)27-13-20-18-7-3-1-5-16(18)17-6-2-4-8-19(17)20/h1-8,15,20-21,25H,9-14H2,(H,24,26)/t15-,21-,23-/m1/s1. The van der Waals surface area contributed by atoms with Crippen LogP contribution in [0.1, 0.15) is 42.7 Å². The summed E-state index contributed by atoms with van der Waals surface area (Å²) in [5, 5.41) is 13.2. The van der Waals surface area contributed by atoms with Gasteiger partial charge in [0.05, 0.1) is 6.10 Å². The lowest BCUT2D eigenvalue weighted by Gasteiger charge is -2.31. The molecule has 0 heterocycles. The average Bonchev–Trinajstić information content (AvgIpc) is 3.34. The molecule has 0 aromatic heterocycles. The van der Waals surface area contributed by atoms with Gasteiger partial charge in [-0.3, -0.25) is 0 Å². The molecule has 2 bridgehead atoms. The summed E-state index contributed by atoms with van der Waals surface area (Å²) < 4.78 is 5.61. The van der Waals surface area contributed by atoms with Gasteiger partial charge in [-0.15, -0.1) is 0 Å². The number of nitrogens with one attached hydrogen (secondary N) is 1. The van der Waals surface area contributed by atoms with Gasteiger partial charge in [-0.05, 0) is 53.9 Å². The second kappa shape index (κ2) is 6.38. The molecule has 0 radical (unpaired) electrons. The third-order valence-corrected chi connectivity index (χ3v) is 6.94. The molecule has 2 aromatic rings. The number of aliphatic hydroxyl groups excluding tert-OH is 1. The molecule has 2 aromatic carbocycles. The summed E-state index contributed by atoms with van der Waals surface area (Å²) in [6.07, 6.45) is 3.41. The van der Waals surface area contributed by atoms with Crippen LogP contribution in [0.5, 0.6) is 0 Å². The van der Waals surface area contributed by atoms with Crippen LogP contribution in [-0.2, 0) is 4.74 Å². The molecule has 3 atom stereocenters. The van der Waals surface area contributed by atoms with Crippen LogP contribution in [-0.4, -0.2) is 30.5 Å². The molecule has 4 heteroatoms. The van der Waals surface area contributed by atoms with Crippen LogP contribution >= 0.6 is 0 Å². The topological polar surface area (TPSA) is 58.6 Å². The van der Waals surface area contributed by atoms with Crippen LogP contribution in [0.25, 0.3) is 11.1 Å². The zero-order valence-corrected chi connectivity index (χ0v) is 15.4. The Bertz CT molecular complexity index is 834. The van der Waals surface area contributed by atoms with E-state index in [1.54, 1.807) is 0 Å². The van der Waals surface area contributed by atoms with E-state index in [0.717, 1.165) is 19.3 Å². The first-order valence-electron chi connectivity index (χ1n) is 9.93. The Morgan fingerprint density at radius 2 is 1.78 bits per heavy atom. The Hall–Kier alpha value is -2.33. The number of alkyl carbamates (subject to hydrolysis) is 1. The van der Waals surface area contributed by atoms with Gasteiger partial charge in [0.25, 0.3) is 0 Å². The van der Waals surface area contributed by atoms with Crippen molar-refractivity contribution in [2.45, 2.75) is 37.7 Å². The number of carbonyl (C=O) groups is 1. The number of fused-ring (bicyclic) bond motifs is 5. The number of aliphatic hydroxyl groups is 1. The van der Waals surface area contributed by atoms with E-state index in [-0.39, 0.29) is 23.5 Å². The average molecular weight is 363 g/mol. The summed E-state index contributed by atoms with van der Waals surface area (Å²) in [5.74, 6) is 0.707. The third-order valence-electron chi connectivity index (χ3n) is 6.94. The predicted octanol–water partition coefficient (Wildman–Crippen LogP) is 4.08. The summed E-state index contributed by atoms with van der Waals surface area (Å²) >= 11 is 0. The lowest BCUT2D eigenvalue weighted by molar-refractivity contribution is 0.0392. The van der Waals surface area contributed by atoms with Gasteiger partial charge >= 0.3 is 6.09 Å². The molecular formula is C23H25NO3. The number of hydrogen-bond donors (Lipinski definition) is 2. The van der Waals surface area contributed by atoms with Crippen LogP contribution in [0, 0.1) is 11.3 Å². The lowest BCUT2D eigenvalue weighted by atomic mass is 9.82. The first-order valence-corrected chi connectivity index (χ1v) is 9.93. The van der Waals surface area contributed by atoms with Crippen LogP contribution in [0.3, 0.4) is 0 Å². The van der Waals surface area contributed by atoms with Gasteiger partial charge in [0.15, 0.2) is 0 Å². The quantitative estimate of drug-likeness (QED) is 0.861. The molecule has 4 nitrogen and oxygen atoms in total. The van der Waals surface area contributed by atoms with Crippen molar-refractivity contribution >= 4 is 6.09 Å².